The summed E-state index contributed by atoms with van der Waals surface area (Å²) in [4.78, 5) is 15.6. The van der Waals surface area contributed by atoms with E-state index in [1.165, 1.54) is 0 Å². The molecule has 0 aliphatic carbocycles. The molecule has 0 bridgehead atoms. The number of carboxylic acids is 1. The minimum atomic E-state index is -0.961. The largest absolute Gasteiger partial charge is 0.480 e. The summed E-state index contributed by atoms with van der Waals surface area (Å²) in [6.07, 6.45) is 4.08. The van der Waals surface area contributed by atoms with Crippen molar-refractivity contribution in [3.8, 4) is 0 Å². The summed E-state index contributed by atoms with van der Waals surface area (Å²) in [6, 6.07) is 1.13. The van der Waals surface area contributed by atoms with Gasteiger partial charge in [0.05, 0.1) is 0 Å². The van der Waals surface area contributed by atoms with Crippen LogP contribution in [0.15, 0.2) is 18.5 Å². The molecule has 0 fully saturated rings. The van der Waals surface area contributed by atoms with Gasteiger partial charge in [0.25, 0.3) is 0 Å². The Labute approximate surface area is 88.9 Å². The number of aliphatic carboxylic acids is 1. The summed E-state index contributed by atoms with van der Waals surface area (Å²) in [7, 11) is 3.82. The van der Waals surface area contributed by atoms with Crippen molar-refractivity contribution in [1.29, 1.82) is 0 Å². The molecule has 0 spiro atoms. The first kappa shape index (κ1) is 11.7. The number of nitrogens with two attached hydrogens (primary N) is 1. The number of carboxylic acid groups (broad SMARTS) is 1. The van der Waals surface area contributed by atoms with Gasteiger partial charge in [-0.2, -0.15) is 0 Å². The smallest absolute Gasteiger partial charge is 0.320 e. The number of nitrogens with one attached hydrogen (secondary N) is 1. The number of aromatic nitrogens is 1. The molecule has 5 nitrogen and oxygen atoms in total. The Morgan fingerprint density at radius 1 is 1.67 bits per heavy atom. The van der Waals surface area contributed by atoms with Crippen LogP contribution in [-0.2, 0) is 4.79 Å². The molecule has 1 rings (SSSR count). The van der Waals surface area contributed by atoms with Crippen LogP contribution in [0.3, 0.4) is 0 Å². The standard InChI is InChI=1S/C10H17N3O2/c1-13(2)9(5-8(11)10(14)15)7-3-4-12-6-7/h3-4,6,8-9,12H,5,11H2,1-2H3,(H,14,15). The van der Waals surface area contributed by atoms with Crippen LogP contribution in [0.4, 0.5) is 0 Å². The highest BCUT2D eigenvalue weighted by molar-refractivity contribution is 5.73. The van der Waals surface area contributed by atoms with Gasteiger partial charge < -0.3 is 20.7 Å². The molecule has 0 aliphatic rings. The van der Waals surface area contributed by atoms with Crippen LogP contribution < -0.4 is 5.73 Å². The van der Waals surface area contributed by atoms with Crippen LogP contribution in [0, 0.1) is 0 Å². The van der Waals surface area contributed by atoms with Gasteiger partial charge in [-0.3, -0.25) is 4.79 Å². The summed E-state index contributed by atoms with van der Waals surface area (Å²) in [5.41, 5.74) is 6.58. The highest BCUT2D eigenvalue weighted by Gasteiger charge is 2.21. The first-order chi connectivity index (χ1) is 7.02. The Morgan fingerprint density at radius 2 is 2.33 bits per heavy atom. The summed E-state index contributed by atoms with van der Waals surface area (Å²) < 4.78 is 0. The predicted octanol–water partition coefficient (Wildman–Crippen LogP) is 0.419. The van der Waals surface area contributed by atoms with Crippen molar-refractivity contribution in [2.45, 2.75) is 18.5 Å². The van der Waals surface area contributed by atoms with Crippen LogP contribution in [0.25, 0.3) is 0 Å². The van der Waals surface area contributed by atoms with E-state index in [9.17, 15) is 4.79 Å². The van der Waals surface area contributed by atoms with Crippen LogP contribution in [0.1, 0.15) is 18.0 Å². The van der Waals surface area contributed by atoms with E-state index < -0.39 is 12.0 Å². The maximum Gasteiger partial charge on any atom is 0.320 e. The van der Waals surface area contributed by atoms with E-state index in [2.05, 4.69) is 4.98 Å². The average molecular weight is 211 g/mol. The van der Waals surface area contributed by atoms with Gasteiger partial charge >= 0.3 is 5.97 Å². The van der Waals surface area contributed by atoms with Crippen molar-refractivity contribution in [3.63, 3.8) is 0 Å². The lowest BCUT2D eigenvalue weighted by Crippen LogP contribution is -2.35. The zero-order valence-corrected chi connectivity index (χ0v) is 8.97. The molecule has 0 amide bonds. The van der Waals surface area contributed by atoms with Gasteiger partial charge in [0.2, 0.25) is 0 Å². The number of aromatic amines is 1. The fraction of sp³-hybridized carbons (Fsp3) is 0.500. The fourth-order valence-corrected chi connectivity index (χ4v) is 1.53. The molecule has 0 aromatic carbocycles. The molecule has 0 saturated carbocycles. The zero-order valence-electron chi connectivity index (χ0n) is 8.97. The van der Waals surface area contributed by atoms with Gasteiger partial charge in [-0.05, 0) is 32.1 Å². The van der Waals surface area contributed by atoms with Gasteiger partial charge in [0.15, 0.2) is 0 Å². The maximum absolute atomic E-state index is 10.7. The van der Waals surface area contributed by atoms with Gasteiger partial charge in [-0.1, -0.05) is 0 Å². The molecule has 5 heteroatoms. The van der Waals surface area contributed by atoms with E-state index in [0.29, 0.717) is 6.42 Å². The van der Waals surface area contributed by atoms with Gasteiger partial charge in [-0.25, -0.2) is 0 Å². The van der Waals surface area contributed by atoms with Crippen LogP contribution >= 0.6 is 0 Å². The minimum absolute atomic E-state index is 0.0300. The van der Waals surface area contributed by atoms with E-state index in [1.54, 1.807) is 0 Å². The topological polar surface area (TPSA) is 82.3 Å². The maximum atomic E-state index is 10.7. The third-order valence-electron chi connectivity index (χ3n) is 2.42. The molecular weight excluding hydrogens is 194 g/mol. The Morgan fingerprint density at radius 3 is 2.73 bits per heavy atom. The quantitative estimate of drug-likeness (QED) is 0.659. The van der Waals surface area contributed by atoms with Gasteiger partial charge in [0.1, 0.15) is 6.04 Å². The van der Waals surface area contributed by atoms with Crippen molar-refractivity contribution in [1.82, 2.24) is 9.88 Å². The van der Waals surface area contributed by atoms with E-state index in [4.69, 9.17) is 10.8 Å². The molecular formula is C10H17N3O2. The molecule has 1 aromatic rings. The summed E-state index contributed by atoms with van der Waals surface area (Å²) in [5.74, 6) is -0.961. The highest BCUT2D eigenvalue weighted by atomic mass is 16.4. The molecule has 15 heavy (non-hydrogen) atoms. The molecule has 0 radical (unpaired) electrons. The van der Waals surface area contributed by atoms with Crippen LogP contribution in [-0.4, -0.2) is 41.1 Å². The third-order valence-corrected chi connectivity index (χ3v) is 2.42. The summed E-state index contributed by atoms with van der Waals surface area (Å²) in [5, 5.41) is 8.76. The van der Waals surface area contributed by atoms with E-state index >= 15 is 0 Å². The molecule has 0 saturated heterocycles. The second-order valence-corrected chi connectivity index (χ2v) is 3.80. The number of nitrogens with zero attached hydrogens (tertiary/aromatic N) is 1. The SMILES string of the molecule is CN(C)C(CC(N)C(=O)O)c1cc[nH]c1. The van der Waals surface area contributed by atoms with Crippen molar-refractivity contribution >= 4 is 5.97 Å². The van der Waals surface area contributed by atoms with Gasteiger partial charge in [0, 0.05) is 18.4 Å². The molecule has 2 unspecified atom stereocenters. The highest BCUT2D eigenvalue weighted by Crippen LogP contribution is 2.22. The summed E-state index contributed by atoms with van der Waals surface area (Å²) >= 11 is 0. The lowest BCUT2D eigenvalue weighted by Gasteiger charge is -2.25. The lowest BCUT2D eigenvalue weighted by atomic mass is 10.0. The molecule has 4 N–H and O–H groups in total. The van der Waals surface area contributed by atoms with E-state index in [0.717, 1.165) is 5.56 Å². The number of hydrogen-bond acceptors (Lipinski definition) is 3. The Bertz CT molecular complexity index is 308. The fourth-order valence-electron chi connectivity index (χ4n) is 1.53. The number of rotatable bonds is 5. The first-order valence-electron chi connectivity index (χ1n) is 4.80. The summed E-state index contributed by atoms with van der Waals surface area (Å²) in [6.45, 7) is 0. The number of hydrogen-bond donors (Lipinski definition) is 3. The monoisotopic (exact) mass is 211 g/mol. The van der Waals surface area contributed by atoms with Crippen molar-refractivity contribution in [2.24, 2.45) is 5.73 Å². The average Bonchev–Trinajstić information content (AvgIpc) is 2.65. The molecule has 84 valence electrons. The second-order valence-electron chi connectivity index (χ2n) is 3.80. The van der Waals surface area contributed by atoms with E-state index in [-0.39, 0.29) is 6.04 Å². The zero-order chi connectivity index (χ0) is 11.4. The first-order valence-corrected chi connectivity index (χ1v) is 4.80. The van der Waals surface area contributed by atoms with E-state index in [1.807, 2.05) is 37.5 Å². The Kier molecular flexibility index (Phi) is 3.88. The minimum Gasteiger partial charge on any atom is -0.480 e. The Hall–Kier alpha value is -1.33. The molecule has 1 aromatic heterocycles. The number of H-pyrrole nitrogens is 1. The third kappa shape index (κ3) is 3.07. The van der Waals surface area contributed by atoms with Crippen LogP contribution in [0.5, 0.6) is 0 Å². The van der Waals surface area contributed by atoms with Crippen molar-refractivity contribution in [2.75, 3.05) is 14.1 Å². The molecule has 2 atom stereocenters. The second kappa shape index (κ2) is 4.95. The predicted molar refractivity (Wildman–Crippen MR) is 57.4 cm³/mol. The lowest BCUT2D eigenvalue weighted by molar-refractivity contribution is -0.139. The van der Waals surface area contributed by atoms with Gasteiger partial charge in [-0.15, -0.1) is 0 Å². The van der Waals surface area contributed by atoms with Crippen LogP contribution in [0.2, 0.25) is 0 Å². The molecule has 0 aliphatic heterocycles. The normalized spacial score (nSPS) is 15.2. The molecule has 1 heterocycles. The Balaban J connectivity index is 2.72. The van der Waals surface area contributed by atoms with Crippen molar-refractivity contribution < 1.29 is 9.90 Å². The van der Waals surface area contributed by atoms with Crippen molar-refractivity contribution in [3.05, 3.63) is 24.0 Å². The number of carbonyl (C=O) groups is 1.